The van der Waals surface area contributed by atoms with Crippen LogP contribution in [0.3, 0.4) is 0 Å². The SMILES string of the molecule is O=C1CCC(CNc2ccc(C(=O)O)nc2)N1. The van der Waals surface area contributed by atoms with Crippen LogP contribution in [0.5, 0.6) is 0 Å². The predicted octanol–water partition coefficient (Wildman–Crippen LogP) is 0.470. The summed E-state index contributed by atoms with van der Waals surface area (Å²) in [5.41, 5.74) is 0.765. The summed E-state index contributed by atoms with van der Waals surface area (Å²) in [5, 5.41) is 14.6. The molecular weight excluding hydrogens is 222 g/mol. The Morgan fingerprint density at radius 2 is 2.41 bits per heavy atom. The van der Waals surface area contributed by atoms with E-state index >= 15 is 0 Å². The Balaban J connectivity index is 1.87. The van der Waals surface area contributed by atoms with Crippen LogP contribution < -0.4 is 10.6 Å². The zero-order valence-corrected chi connectivity index (χ0v) is 9.14. The van der Waals surface area contributed by atoms with Crippen molar-refractivity contribution in [2.45, 2.75) is 18.9 Å². The van der Waals surface area contributed by atoms with Gasteiger partial charge < -0.3 is 15.7 Å². The Kier molecular flexibility index (Phi) is 3.22. The molecule has 6 nitrogen and oxygen atoms in total. The summed E-state index contributed by atoms with van der Waals surface area (Å²) >= 11 is 0. The van der Waals surface area contributed by atoms with Crippen LogP contribution in [0.4, 0.5) is 5.69 Å². The number of anilines is 1. The molecule has 0 saturated carbocycles. The van der Waals surface area contributed by atoms with E-state index in [9.17, 15) is 9.59 Å². The van der Waals surface area contributed by atoms with Gasteiger partial charge in [0.1, 0.15) is 5.69 Å². The highest BCUT2D eigenvalue weighted by atomic mass is 16.4. The first-order chi connectivity index (χ1) is 8.15. The van der Waals surface area contributed by atoms with Crippen LogP contribution in [-0.4, -0.2) is 34.6 Å². The molecule has 1 aromatic rings. The van der Waals surface area contributed by atoms with Gasteiger partial charge >= 0.3 is 5.97 Å². The summed E-state index contributed by atoms with van der Waals surface area (Å²) in [6, 6.07) is 3.24. The molecule has 1 unspecified atom stereocenters. The number of amides is 1. The van der Waals surface area contributed by atoms with Gasteiger partial charge in [0.2, 0.25) is 5.91 Å². The van der Waals surface area contributed by atoms with Crippen LogP contribution in [0.25, 0.3) is 0 Å². The van der Waals surface area contributed by atoms with Gasteiger partial charge in [-0.15, -0.1) is 0 Å². The molecule has 2 rings (SSSR count). The largest absolute Gasteiger partial charge is 0.477 e. The smallest absolute Gasteiger partial charge is 0.354 e. The standard InChI is InChI=1S/C11H13N3O3/c15-10-4-2-8(14-10)6-12-7-1-3-9(11(16)17)13-5-7/h1,3,5,8,12H,2,4,6H2,(H,14,15)(H,16,17). The van der Waals surface area contributed by atoms with E-state index in [1.807, 2.05) is 0 Å². The fourth-order valence-corrected chi connectivity index (χ4v) is 1.70. The topological polar surface area (TPSA) is 91.3 Å². The summed E-state index contributed by atoms with van der Waals surface area (Å²) in [4.78, 5) is 25.3. The van der Waals surface area contributed by atoms with Gasteiger partial charge in [0, 0.05) is 19.0 Å². The molecule has 0 aliphatic carbocycles. The van der Waals surface area contributed by atoms with Crippen molar-refractivity contribution < 1.29 is 14.7 Å². The molecule has 0 spiro atoms. The number of nitrogens with zero attached hydrogens (tertiary/aromatic N) is 1. The number of carbonyl (C=O) groups is 2. The van der Waals surface area contributed by atoms with Crippen LogP contribution in [0.2, 0.25) is 0 Å². The summed E-state index contributed by atoms with van der Waals surface area (Å²) < 4.78 is 0. The quantitative estimate of drug-likeness (QED) is 0.705. The number of aromatic carboxylic acids is 1. The summed E-state index contributed by atoms with van der Waals surface area (Å²) in [6.45, 7) is 0.625. The van der Waals surface area contributed by atoms with Crippen molar-refractivity contribution in [2.24, 2.45) is 0 Å². The van der Waals surface area contributed by atoms with E-state index < -0.39 is 5.97 Å². The second kappa shape index (κ2) is 4.82. The fraction of sp³-hybridized carbons (Fsp3) is 0.364. The molecule has 1 aliphatic rings. The molecule has 1 aliphatic heterocycles. The third-order valence-corrected chi connectivity index (χ3v) is 2.62. The number of aromatic nitrogens is 1. The van der Waals surface area contributed by atoms with Gasteiger partial charge in [0.25, 0.3) is 0 Å². The van der Waals surface area contributed by atoms with Crippen molar-refractivity contribution in [2.75, 3.05) is 11.9 Å². The Hall–Kier alpha value is -2.11. The van der Waals surface area contributed by atoms with Crippen molar-refractivity contribution in [3.8, 4) is 0 Å². The van der Waals surface area contributed by atoms with Gasteiger partial charge in [-0.05, 0) is 18.6 Å². The molecule has 90 valence electrons. The van der Waals surface area contributed by atoms with E-state index in [1.165, 1.54) is 12.3 Å². The number of hydrogen-bond donors (Lipinski definition) is 3. The van der Waals surface area contributed by atoms with E-state index in [-0.39, 0.29) is 17.6 Å². The molecule has 2 heterocycles. The van der Waals surface area contributed by atoms with E-state index in [0.717, 1.165) is 12.1 Å². The lowest BCUT2D eigenvalue weighted by molar-refractivity contribution is -0.119. The Morgan fingerprint density at radius 3 is 2.94 bits per heavy atom. The number of carbonyl (C=O) groups excluding carboxylic acids is 1. The van der Waals surface area contributed by atoms with E-state index in [1.54, 1.807) is 6.07 Å². The molecule has 1 aromatic heterocycles. The minimum atomic E-state index is -1.04. The van der Waals surface area contributed by atoms with E-state index in [0.29, 0.717) is 13.0 Å². The zero-order valence-electron chi connectivity index (χ0n) is 9.14. The normalized spacial score (nSPS) is 18.8. The lowest BCUT2D eigenvalue weighted by Gasteiger charge is -2.11. The zero-order chi connectivity index (χ0) is 12.3. The van der Waals surface area contributed by atoms with Gasteiger partial charge in [-0.25, -0.2) is 9.78 Å². The second-order valence-electron chi connectivity index (χ2n) is 3.92. The molecule has 1 amide bonds. The van der Waals surface area contributed by atoms with E-state index in [4.69, 9.17) is 5.11 Å². The number of hydrogen-bond acceptors (Lipinski definition) is 4. The molecule has 1 fully saturated rings. The first kappa shape index (κ1) is 11.4. The third-order valence-electron chi connectivity index (χ3n) is 2.62. The van der Waals surface area contributed by atoms with Crippen molar-refractivity contribution in [1.82, 2.24) is 10.3 Å². The Morgan fingerprint density at radius 1 is 1.59 bits per heavy atom. The van der Waals surface area contributed by atoms with Gasteiger partial charge in [-0.2, -0.15) is 0 Å². The number of pyridine rings is 1. The molecule has 0 radical (unpaired) electrons. The molecule has 17 heavy (non-hydrogen) atoms. The highest BCUT2D eigenvalue weighted by molar-refractivity contribution is 5.85. The molecule has 0 bridgehead atoms. The highest BCUT2D eigenvalue weighted by Gasteiger charge is 2.19. The van der Waals surface area contributed by atoms with E-state index in [2.05, 4.69) is 15.6 Å². The predicted molar refractivity (Wildman–Crippen MR) is 60.9 cm³/mol. The Labute approximate surface area is 98.1 Å². The maximum atomic E-state index is 11.0. The van der Waals surface area contributed by atoms with Crippen molar-refractivity contribution >= 4 is 17.6 Å². The number of carboxylic acid groups (broad SMARTS) is 1. The highest BCUT2D eigenvalue weighted by Crippen LogP contribution is 2.10. The van der Waals surface area contributed by atoms with Gasteiger partial charge in [-0.1, -0.05) is 0 Å². The monoisotopic (exact) mass is 235 g/mol. The van der Waals surface area contributed by atoms with Crippen molar-refractivity contribution in [1.29, 1.82) is 0 Å². The van der Waals surface area contributed by atoms with Crippen LogP contribution in [0, 0.1) is 0 Å². The molecule has 0 aromatic carbocycles. The minimum Gasteiger partial charge on any atom is -0.477 e. The molecule has 3 N–H and O–H groups in total. The third kappa shape index (κ3) is 2.93. The average Bonchev–Trinajstić information content (AvgIpc) is 2.73. The molecule has 1 saturated heterocycles. The molecular formula is C11H13N3O3. The summed E-state index contributed by atoms with van der Waals surface area (Å²) in [6.07, 6.45) is 2.87. The fourth-order valence-electron chi connectivity index (χ4n) is 1.70. The van der Waals surface area contributed by atoms with Crippen LogP contribution in [-0.2, 0) is 4.79 Å². The van der Waals surface area contributed by atoms with Crippen LogP contribution in [0.15, 0.2) is 18.3 Å². The lowest BCUT2D eigenvalue weighted by Crippen LogP contribution is -2.31. The van der Waals surface area contributed by atoms with Gasteiger partial charge in [-0.3, -0.25) is 4.79 Å². The second-order valence-corrected chi connectivity index (χ2v) is 3.92. The first-order valence-electron chi connectivity index (χ1n) is 5.38. The minimum absolute atomic E-state index is 0.0183. The Bertz CT molecular complexity index is 430. The maximum Gasteiger partial charge on any atom is 0.354 e. The molecule has 6 heteroatoms. The first-order valence-corrected chi connectivity index (χ1v) is 5.38. The maximum absolute atomic E-state index is 11.0. The van der Waals surface area contributed by atoms with Crippen LogP contribution in [0.1, 0.15) is 23.3 Å². The number of nitrogens with one attached hydrogen (secondary N) is 2. The van der Waals surface area contributed by atoms with Gasteiger partial charge in [0.15, 0.2) is 0 Å². The molecule has 1 atom stereocenters. The summed E-state index contributed by atoms with van der Waals surface area (Å²) in [5.74, 6) is -0.962. The number of carboxylic acids is 1. The lowest BCUT2D eigenvalue weighted by atomic mass is 10.2. The van der Waals surface area contributed by atoms with Crippen LogP contribution >= 0.6 is 0 Å². The van der Waals surface area contributed by atoms with Crippen molar-refractivity contribution in [3.05, 3.63) is 24.0 Å². The average molecular weight is 235 g/mol. The summed E-state index contributed by atoms with van der Waals surface area (Å²) in [7, 11) is 0. The van der Waals surface area contributed by atoms with Gasteiger partial charge in [0.05, 0.1) is 11.9 Å². The number of rotatable bonds is 4. The van der Waals surface area contributed by atoms with Crippen molar-refractivity contribution in [3.63, 3.8) is 0 Å².